The number of hydrogen-bond donors (Lipinski definition) is 2. The molecule has 0 fully saturated rings. The topological polar surface area (TPSA) is 84.5 Å². The van der Waals surface area contributed by atoms with Crippen molar-refractivity contribution in [3.05, 3.63) is 12.7 Å². The maximum Gasteiger partial charge on any atom is 0.398 e. The maximum absolute atomic E-state index is 10.7. The van der Waals surface area contributed by atoms with Gasteiger partial charge in [0.2, 0.25) is 0 Å². The molecule has 0 heterocycles. The van der Waals surface area contributed by atoms with Crippen molar-refractivity contribution < 1.29 is 19.1 Å². The minimum Gasteiger partial charge on any atom is -0.459 e. The minimum absolute atomic E-state index is 0.0989. The Morgan fingerprint density at radius 3 is 2.46 bits per heavy atom. The summed E-state index contributed by atoms with van der Waals surface area (Å²) in [5, 5.41) is 0. The second-order valence-electron chi connectivity index (χ2n) is 1.87. The van der Waals surface area contributed by atoms with Crippen molar-refractivity contribution >= 4 is 17.8 Å². The molecule has 0 aliphatic rings. The number of hydrogen-bond acceptors (Lipinski definition) is 4. The van der Waals surface area contributed by atoms with E-state index in [1.807, 2.05) is 10.9 Å². The molecule has 2 amide bonds. The molecule has 0 saturated carbocycles. The van der Waals surface area contributed by atoms with Crippen LogP contribution in [0.3, 0.4) is 0 Å². The number of rotatable bonds is 2. The van der Waals surface area contributed by atoms with Crippen molar-refractivity contribution in [1.29, 1.82) is 0 Å². The lowest BCUT2D eigenvalue weighted by molar-refractivity contribution is -0.155. The average molecular weight is 186 g/mol. The molecule has 0 aliphatic heterocycles. The van der Waals surface area contributed by atoms with Crippen molar-refractivity contribution in [2.24, 2.45) is 0 Å². The molecule has 72 valence electrons. The van der Waals surface area contributed by atoms with Crippen LogP contribution in [-0.4, -0.2) is 24.4 Å². The predicted octanol–water partition coefficient (Wildman–Crippen LogP) is -1.12. The molecule has 0 unspecified atom stereocenters. The lowest BCUT2D eigenvalue weighted by Crippen LogP contribution is -2.44. The Morgan fingerprint density at radius 2 is 2.00 bits per heavy atom. The van der Waals surface area contributed by atoms with Crippen molar-refractivity contribution in [1.82, 2.24) is 10.9 Å². The lowest BCUT2D eigenvalue weighted by atomic mass is 10.6. The molecule has 0 aromatic rings. The fraction of sp³-hybridized carbons (Fsp3) is 0.286. The van der Waals surface area contributed by atoms with E-state index in [2.05, 4.69) is 11.3 Å². The predicted molar refractivity (Wildman–Crippen MR) is 43.1 cm³/mol. The first-order valence-corrected chi connectivity index (χ1v) is 3.51. The Hall–Kier alpha value is -1.85. The maximum atomic E-state index is 10.7. The molecular weight excluding hydrogens is 176 g/mol. The Morgan fingerprint density at radius 1 is 1.38 bits per heavy atom. The fourth-order valence-electron chi connectivity index (χ4n) is 0.417. The highest BCUT2D eigenvalue weighted by molar-refractivity contribution is 6.32. The summed E-state index contributed by atoms with van der Waals surface area (Å²) >= 11 is 0. The number of esters is 1. The Bertz CT molecular complexity index is 237. The third-order valence-corrected chi connectivity index (χ3v) is 0.945. The van der Waals surface area contributed by atoms with Crippen molar-refractivity contribution in [2.45, 2.75) is 6.92 Å². The number of carbonyl (C=O) groups excluding carboxylic acids is 3. The smallest absolute Gasteiger partial charge is 0.398 e. The second-order valence-corrected chi connectivity index (χ2v) is 1.87. The molecule has 0 atom stereocenters. The molecule has 0 rings (SSSR count). The highest BCUT2D eigenvalue weighted by atomic mass is 16.5. The zero-order valence-corrected chi connectivity index (χ0v) is 7.12. The summed E-state index contributed by atoms with van der Waals surface area (Å²) in [7, 11) is 0. The fourth-order valence-corrected chi connectivity index (χ4v) is 0.417. The molecule has 6 nitrogen and oxygen atoms in total. The summed E-state index contributed by atoms with van der Waals surface area (Å²) in [6, 6.07) is 0. The number of hydrazine groups is 1. The third-order valence-electron chi connectivity index (χ3n) is 0.945. The summed E-state index contributed by atoms with van der Waals surface area (Å²) in [6.07, 6.45) is 0.950. The Kier molecular flexibility index (Phi) is 4.94. The lowest BCUT2D eigenvalue weighted by Gasteiger charge is -2.03. The van der Waals surface area contributed by atoms with E-state index in [1.54, 1.807) is 6.92 Å². The first-order valence-electron chi connectivity index (χ1n) is 3.51. The van der Waals surface area contributed by atoms with Gasteiger partial charge in [0, 0.05) is 0 Å². The molecule has 0 saturated heterocycles. The van der Waals surface area contributed by atoms with Crippen LogP contribution in [0.5, 0.6) is 0 Å². The van der Waals surface area contributed by atoms with Crippen LogP contribution in [0.4, 0.5) is 0 Å². The standard InChI is InChI=1S/C7H10N2O4/c1-3-5(10)8-9-6(11)7(12)13-4-2/h3H,1,4H2,2H3,(H,8,10)(H,9,11). The SMILES string of the molecule is C=CC(=O)NNC(=O)C(=O)OCC. The average Bonchev–Trinajstić information content (AvgIpc) is 2.13. The summed E-state index contributed by atoms with van der Waals surface area (Å²) in [5.74, 6) is -2.69. The van der Waals surface area contributed by atoms with Crippen LogP contribution in [0.1, 0.15) is 6.92 Å². The van der Waals surface area contributed by atoms with E-state index in [9.17, 15) is 14.4 Å². The van der Waals surface area contributed by atoms with Gasteiger partial charge in [-0.1, -0.05) is 6.58 Å². The van der Waals surface area contributed by atoms with Crippen LogP contribution < -0.4 is 10.9 Å². The van der Waals surface area contributed by atoms with Crippen LogP contribution in [0.15, 0.2) is 12.7 Å². The number of amides is 2. The van der Waals surface area contributed by atoms with E-state index in [-0.39, 0.29) is 6.61 Å². The highest BCUT2D eigenvalue weighted by Gasteiger charge is 2.13. The van der Waals surface area contributed by atoms with E-state index in [1.165, 1.54) is 0 Å². The van der Waals surface area contributed by atoms with Crippen LogP contribution in [0.25, 0.3) is 0 Å². The molecule has 0 bridgehead atoms. The number of nitrogens with one attached hydrogen (secondary N) is 2. The van der Waals surface area contributed by atoms with Gasteiger partial charge in [0.25, 0.3) is 5.91 Å². The molecule has 6 heteroatoms. The number of carbonyl (C=O) groups is 3. The van der Waals surface area contributed by atoms with Gasteiger partial charge in [-0.25, -0.2) is 4.79 Å². The van der Waals surface area contributed by atoms with Crippen molar-refractivity contribution in [2.75, 3.05) is 6.61 Å². The number of ether oxygens (including phenoxy) is 1. The first-order chi connectivity index (χ1) is 6.11. The van der Waals surface area contributed by atoms with E-state index < -0.39 is 17.8 Å². The van der Waals surface area contributed by atoms with E-state index in [0.717, 1.165) is 6.08 Å². The van der Waals surface area contributed by atoms with E-state index in [0.29, 0.717) is 0 Å². The zero-order chi connectivity index (χ0) is 10.3. The van der Waals surface area contributed by atoms with Crippen LogP contribution in [0.2, 0.25) is 0 Å². The van der Waals surface area contributed by atoms with Gasteiger partial charge < -0.3 is 4.74 Å². The molecule has 0 aliphatic carbocycles. The van der Waals surface area contributed by atoms with Crippen molar-refractivity contribution in [3.63, 3.8) is 0 Å². The zero-order valence-electron chi connectivity index (χ0n) is 7.12. The summed E-state index contributed by atoms with van der Waals surface area (Å²) in [4.78, 5) is 31.9. The largest absolute Gasteiger partial charge is 0.459 e. The van der Waals surface area contributed by atoms with Gasteiger partial charge in [-0.2, -0.15) is 0 Å². The van der Waals surface area contributed by atoms with Gasteiger partial charge >= 0.3 is 11.9 Å². The van der Waals surface area contributed by atoms with Gasteiger partial charge in [0.15, 0.2) is 0 Å². The summed E-state index contributed by atoms with van der Waals surface area (Å²) < 4.78 is 4.34. The van der Waals surface area contributed by atoms with E-state index >= 15 is 0 Å². The quantitative estimate of drug-likeness (QED) is 0.248. The molecule has 0 radical (unpaired) electrons. The van der Waals surface area contributed by atoms with Crippen LogP contribution >= 0.6 is 0 Å². The Balaban J connectivity index is 3.80. The molecule has 2 N–H and O–H groups in total. The first kappa shape index (κ1) is 11.2. The summed E-state index contributed by atoms with van der Waals surface area (Å²) in [5.41, 5.74) is 3.75. The van der Waals surface area contributed by atoms with Crippen LogP contribution in [-0.2, 0) is 19.1 Å². The second kappa shape index (κ2) is 5.76. The van der Waals surface area contributed by atoms with Gasteiger partial charge in [0.05, 0.1) is 6.61 Å². The third kappa shape index (κ3) is 4.57. The molecular formula is C7H10N2O4. The van der Waals surface area contributed by atoms with Gasteiger partial charge in [-0.05, 0) is 13.0 Å². The monoisotopic (exact) mass is 186 g/mol. The highest BCUT2D eigenvalue weighted by Crippen LogP contribution is 1.76. The Labute approximate surface area is 74.9 Å². The minimum atomic E-state index is -1.05. The molecule has 0 aromatic heterocycles. The molecule has 0 spiro atoms. The van der Waals surface area contributed by atoms with Gasteiger partial charge in [-0.15, -0.1) is 0 Å². The van der Waals surface area contributed by atoms with Gasteiger partial charge in [-0.3, -0.25) is 20.4 Å². The van der Waals surface area contributed by atoms with Gasteiger partial charge in [0.1, 0.15) is 0 Å². The van der Waals surface area contributed by atoms with Crippen LogP contribution in [0, 0.1) is 0 Å². The summed E-state index contributed by atoms with van der Waals surface area (Å²) in [6.45, 7) is 4.80. The van der Waals surface area contributed by atoms with E-state index in [4.69, 9.17) is 0 Å². The molecule has 0 aromatic carbocycles. The normalized spacial score (nSPS) is 8.38. The van der Waals surface area contributed by atoms with Crippen molar-refractivity contribution in [3.8, 4) is 0 Å². The molecule has 13 heavy (non-hydrogen) atoms.